The highest BCUT2D eigenvalue weighted by Crippen LogP contribution is 2.31. The van der Waals surface area contributed by atoms with Crippen LogP contribution in [0.4, 0.5) is 17.6 Å². The molecule has 3 nitrogen and oxygen atoms in total. The topological polar surface area (TPSA) is 41.1 Å². The van der Waals surface area contributed by atoms with Gasteiger partial charge in [-0.1, -0.05) is 0 Å². The summed E-state index contributed by atoms with van der Waals surface area (Å²) < 4.78 is 50.5. The Balaban J connectivity index is 2.87. The van der Waals surface area contributed by atoms with Crippen LogP contribution >= 0.6 is 0 Å². The first kappa shape index (κ1) is 15.4. The molecule has 0 heterocycles. The Morgan fingerprint density at radius 2 is 2.00 bits per heavy atom. The summed E-state index contributed by atoms with van der Waals surface area (Å²) in [7, 11) is 1.69. The molecule has 0 aliphatic heterocycles. The van der Waals surface area contributed by atoms with E-state index in [9.17, 15) is 22.4 Å². The molecule has 0 saturated carbocycles. The van der Waals surface area contributed by atoms with Crippen LogP contribution in [0.2, 0.25) is 0 Å². The van der Waals surface area contributed by atoms with Gasteiger partial charge in [0.2, 0.25) is 0 Å². The van der Waals surface area contributed by atoms with Crippen LogP contribution in [0.5, 0.6) is 0 Å². The number of rotatable bonds is 4. The van der Waals surface area contributed by atoms with Crippen LogP contribution in [0, 0.1) is 5.82 Å². The van der Waals surface area contributed by atoms with E-state index in [-0.39, 0.29) is 18.2 Å². The van der Waals surface area contributed by atoms with Crippen molar-refractivity contribution in [3.63, 3.8) is 0 Å². The second-order valence-corrected chi connectivity index (χ2v) is 4.09. The van der Waals surface area contributed by atoms with Crippen LogP contribution < -0.4 is 10.6 Å². The summed E-state index contributed by atoms with van der Waals surface area (Å²) in [6.45, 7) is 2.06. The first-order valence-electron chi connectivity index (χ1n) is 5.58. The van der Waals surface area contributed by atoms with Crippen molar-refractivity contribution in [1.82, 2.24) is 10.6 Å². The van der Waals surface area contributed by atoms with E-state index < -0.39 is 23.5 Å². The molecule has 0 bridgehead atoms. The summed E-state index contributed by atoms with van der Waals surface area (Å²) in [5.74, 6) is -2.07. The van der Waals surface area contributed by atoms with Gasteiger partial charge in [0.25, 0.3) is 5.91 Å². The number of carbonyl (C=O) groups is 1. The van der Waals surface area contributed by atoms with E-state index in [1.807, 2.05) is 0 Å². The van der Waals surface area contributed by atoms with Crippen molar-refractivity contribution in [3.05, 3.63) is 35.1 Å². The Labute approximate surface area is 108 Å². The van der Waals surface area contributed by atoms with Crippen molar-refractivity contribution < 1.29 is 22.4 Å². The van der Waals surface area contributed by atoms with Crippen LogP contribution in [0.3, 0.4) is 0 Å². The van der Waals surface area contributed by atoms with Gasteiger partial charge in [0, 0.05) is 18.2 Å². The second kappa shape index (κ2) is 6.01. The minimum Gasteiger partial charge on any atom is -0.350 e. The largest absolute Gasteiger partial charge is 0.419 e. The summed E-state index contributed by atoms with van der Waals surface area (Å²) in [4.78, 5) is 11.6. The van der Waals surface area contributed by atoms with Crippen molar-refractivity contribution in [2.24, 2.45) is 0 Å². The average molecular weight is 278 g/mol. The Morgan fingerprint density at radius 3 is 2.53 bits per heavy atom. The Kier molecular flexibility index (Phi) is 4.88. The molecule has 7 heteroatoms. The minimum atomic E-state index is -4.82. The van der Waals surface area contributed by atoms with Crippen molar-refractivity contribution in [3.8, 4) is 0 Å². The molecular weight excluding hydrogens is 264 g/mol. The van der Waals surface area contributed by atoms with Gasteiger partial charge in [0.15, 0.2) is 0 Å². The van der Waals surface area contributed by atoms with E-state index in [4.69, 9.17) is 0 Å². The van der Waals surface area contributed by atoms with E-state index >= 15 is 0 Å². The van der Waals surface area contributed by atoms with Gasteiger partial charge in [-0.2, -0.15) is 13.2 Å². The maximum Gasteiger partial charge on any atom is 0.419 e. The Hall–Kier alpha value is -1.63. The highest BCUT2D eigenvalue weighted by atomic mass is 19.4. The molecule has 1 unspecified atom stereocenters. The molecule has 0 aromatic heterocycles. The third-order valence-electron chi connectivity index (χ3n) is 2.60. The minimum absolute atomic E-state index is 0.0218. The number of nitrogens with one attached hydrogen (secondary N) is 2. The SMILES string of the molecule is CNC(C)CNC(=O)c1ccc(F)c(C(F)(F)F)c1. The molecule has 0 aliphatic rings. The number of likely N-dealkylation sites (N-methyl/N-ethyl adjacent to an activating group) is 1. The fourth-order valence-corrected chi connectivity index (χ4v) is 1.33. The highest BCUT2D eigenvalue weighted by molar-refractivity contribution is 5.94. The number of hydrogen-bond donors (Lipinski definition) is 2. The smallest absolute Gasteiger partial charge is 0.350 e. The van der Waals surface area contributed by atoms with Crippen LogP contribution in [0.1, 0.15) is 22.8 Å². The van der Waals surface area contributed by atoms with Crippen LogP contribution in [-0.4, -0.2) is 25.5 Å². The molecule has 0 fully saturated rings. The first-order valence-corrected chi connectivity index (χ1v) is 5.58. The average Bonchev–Trinajstić information content (AvgIpc) is 2.34. The molecule has 106 valence electrons. The quantitative estimate of drug-likeness (QED) is 0.829. The lowest BCUT2D eigenvalue weighted by Gasteiger charge is -2.13. The molecule has 0 spiro atoms. The summed E-state index contributed by atoms with van der Waals surface area (Å²) in [6.07, 6.45) is -4.82. The lowest BCUT2D eigenvalue weighted by atomic mass is 10.1. The molecule has 0 radical (unpaired) electrons. The summed E-state index contributed by atoms with van der Waals surface area (Å²) in [5, 5.41) is 5.32. The molecule has 0 saturated heterocycles. The normalized spacial score (nSPS) is 13.2. The molecule has 1 aromatic rings. The molecular formula is C12H14F4N2O. The maximum atomic E-state index is 13.0. The molecule has 1 rings (SSSR count). The lowest BCUT2D eigenvalue weighted by molar-refractivity contribution is -0.140. The number of halogens is 4. The van der Waals surface area contributed by atoms with Crippen LogP contribution in [0.15, 0.2) is 18.2 Å². The van der Waals surface area contributed by atoms with Gasteiger partial charge < -0.3 is 10.6 Å². The molecule has 1 atom stereocenters. The molecule has 19 heavy (non-hydrogen) atoms. The van der Waals surface area contributed by atoms with Crippen molar-refractivity contribution in [1.29, 1.82) is 0 Å². The first-order chi connectivity index (χ1) is 8.75. The number of amides is 1. The van der Waals surface area contributed by atoms with Gasteiger partial charge in [-0.3, -0.25) is 4.79 Å². The van der Waals surface area contributed by atoms with Gasteiger partial charge in [0.1, 0.15) is 5.82 Å². The van der Waals surface area contributed by atoms with E-state index in [0.29, 0.717) is 12.1 Å². The summed E-state index contributed by atoms with van der Waals surface area (Å²) in [6, 6.07) is 2.14. The molecule has 1 aromatic carbocycles. The third-order valence-corrected chi connectivity index (χ3v) is 2.60. The van der Waals surface area contributed by atoms with Gasteiger partial charge in [0.05, 0.1) is 5.56 Å². The van der Waals surface area contributed by atoms with Crippen molar-refractivity contribution in [2.75, 3.05) is 13.6 Å². The van der Waals surface area contributed by atoms with Gasteiger partial charge in [-0.15, -0.1) is 0 Å². The Morgan fingerprint density at radius 1 is 1.37 bits per heavy atom. The number of benzene rings is 1. The van der Waals surface area contributed by atoms with Gasteiger partial charge in [-0.25, -0.2) is 4.39 Å². The monoisotopic (exact) mass is 278 g/mol. The Bertz CT molecular complexity index is 460. The fraction of sp³-hybridized carbons (Fsp3) is 0.417. The fourth-order valence-electron chi connectivity index (χ4n) is 1.33. The van der Waals surface area contributed by atoms with Crippen molar-refractivity contribution in [2.45, 2.75) is 19.1 Å². The van der Waals surface area contributed by atoms with E-state index in [1.165, 1.54) is 0 Å². The van der Waals surface area contributed by atoms with Crippen LogP contribution in [0.25, 0.3) is 0 Å². The molecule has 1 amide bonds. The molecule has 2 N–H and O–H groups in total. The highest BCUT2D eigenvalue weighted by Gasteiger charge is 2.34. The summed E-state index contributed by atoms with van der Waals surface area (Å²) >= 11 is 0. The molecule has 0 aliphatic carbocycles. The number of hydrogen-bond acceptors (Lipinski definition) is 2. The van der Waals surface area contributed by atoms with E-state index in [0.717, 1.165) is 6.07 Å². The lowest BCUT2D eigenvalue weighted by Crippen LogP contribution is -2.37. The standard InChI is InChI=1S/C12H14F4N2O/c1-7(17-2)6-18-11(19)8-3-4-10(13)9(5-8)12(14,15)16/h3-5,7,17H,6H2,1-2H3,(H,18,19). The zero-order valence-electron chi connectivity index (χ0n) is 10.4. The number of carbonyl (C=O) groups excluding carboxylic acids is 1. The predicted octanol–water partition coefficient (Wildman–Crippen LogP) is 2.18. The predicted molar refractivity (Wildman–Crippen MR) is 62.3 cm³/mol. The number of alkyl halides is 3. The van der Waals surface area contributed by atoms with E-state index in [1.54, 1.807) is 14.0 Å². The summed E-state index contributed by atoms with van der Waals surface area (Å²) in [5.41, 5.74) is -1.67. The second-order valence-electron chi connectivity index (χ2n) is 4.09. The van der Waals surface area contributed by atoms with Crippen molar-refractivity contribution >= 4 is 5.91 Å². The van der Waals surface area contributed by atoms with E-state index in [2.05, 4.69) is 10.6 Å². The van der Waals surface area contributed by atoms with Gasteiger partial charge >= 0.3 is 6.18 Å². The zero-order chi connectivity index (χ0) is 14.6. The van der Waals surface area contributed by atoms with Crippen LogP contribution in [-0.2, 0) is 6.18 Å². The maximum absolute atomic E-state index is 13.0. The zero-order valence-corrected chi connectivity index (χ0v) is 10.4. The third kappa shape index (κ3) is 4.20. The van der Waals surface area contributed by atoms with Gasteiger partial charge in [-0.05, 0) is 32.2 Å².